The number of aromatic nitrogens is 1. The Bertz CT molecular complexity index is 1550. The topological polar surface area (TPSA) is 95.7 Å². The number of nitrogens with one attached hydrogen (secondary N) is 1. The number of anilines is 2. The summed E-state index contributed by atoms with van der Waals surface area (Å²) >= 11 is 1.56. The van der Waals surface area contributed by atoms with E-state index in [2.05, 4.69) is 48.3 Å². The van der Waals surface area contributed by atoms with Gasteiger partial charge in [-0.05, 0) is 53.4 Å². The van der Waals surface area contributed by atoms with Crippen molar-refractivity contribution >= 4 is 45.0 Å². The number of benzene rings is 3. The summed E-state index contributed by atoms with van der Waals surface area (Å²) in [5.74, 6) is -0.0216. The molecule has 0 saturated carbocycles. The summed E-state index contributed by atoms with van der Waals surface area (Å²) in [5.41, 5.74) is 4.61. The van der Waals surface area contributed by atoms with Gasteiger partial charge in [0, 0.05) is 23.2 Å². The number of carboxylic acids is 1. The van der Waals surface area contributed by atoms with Crippen molar-refractivity contribution in [2.24, 2.45) is 0 Å². The SMILES string of the molecule is CC(C)c1ccc(N(Cc2ccc(C(=O)NCCC(=O)O)cc2)c2ncc(-c3cc4ccccc4o3)s2)cc1. The summed E-state index contributed by atoms with van der Waals surface area (Å²) in [6.45, 7) is 4.99. The van der Waals surface area contributed by atoms with Crippen LogP contribution in [0.3, 0.4) is 0 Å². The molecule has 8 heteroatoms. The fourth-order valence-electron chi connectivity index (χ4n) is 4.24. The maximum atomic E-state index is 12.4. The lowest BCUT2D eigenvalue weighted by Gasteiger charge is -2.23. The van der Waals surface area contributed by atoms with Gasteiger partial charge in [0.15, 0.2) is 5.13 Å². The van der Waals surface area contributed by atoms with E-state index in [4.69, 9.17) is 14.5 Å². The van der Waals surface area contributed by atoms with Gasteiger partial charge in [0.1, 0.15) is 11.3 Å². The third kappa shape index (κ3) is 6.18. The third-order valence-electron chi connectivity index (χ3n) is 6.45. The molecule has 0 radical (unpaired) electrons. The number of rotatable bonds is 10. The molecule has 7 nitrogen and oxygen atoms in total. The first kappa shape index (κ1) is 26.2. The molecule has 198 valence electrons. The number of carbonyl (C=O) groups excluding carboxylic acids is 1. The van der Waals surface area contributed by atoms with Gasteiger partial charge in [-0.25, -0.2) is 4.98 Å². The number of carbonyl (C=O) groups is 2. The van der Waals surface area contributed by atoms with Gasteiger partial charge in [-0.3, -0.25) is 9.59 Å². The predicted octanol–water partition coefficient (Wildman–Crippen LogP) is 7.22. The number of amides is 1. The standard InChI is InChI=1S/C31H29N3O4S/c1-20(2)22-11-13-25(14-12-22)34(19-21-7-9-23(10-8-21)30(37)32-16-15-29(35)36)31-33-18-28(39-31)27-17-24-5-3-4-6-26(24)38-27/h3-14,17-18,20H,15-16,19H2,1-2H3,(H,32,37)(H,35,36). The van der Waals surface area contributed by atoms with Crippen molar-refractivity contribution in [3.8, 4) is 10.6 Å². The van der Waals surface area contributed by atoms with E-state index in [9.17, 15) is 9.59 Å². The van der Waals surface area contributed by atoms with Crippen molar-refractivity contribution in [2.75, 3.05) is 11.4 Å². The van der Waals surface area contributed by atoms with Crippen LogP contribution in [0.5, 0.6) is 0 Å². The number of hydrogen-bond donors (Lipinski definition) is 2. The highest BCUT2D eigenvalue weighted by Crippen LogP contribution is 2.38. The molecule has 0 saturated heterocycles. The third-order valence-corrected chi connectivity index (χ3v) is 7.48. The Kier molecular flexibility index (Phi) is 7.74. The summed E-state index contributed by atoms with van der Waals surface area (Å²) in [5, 5.41) is 13.3. The zero-order valence-corrected chi connectivity index (χ0v) is 22.6. The predicted molar refractivity (Wildman–Crippen MR) is 155 cm³/mol. The molecule has 2 aromatic heterocycles. The van der Waals surface area contributed by atoms with Crippen LogP contribution in [0, 0.1) is 0 Å². The second-order valence-corrected chi connectivity index (χ2v) is 10.6. The van der Waals surface area contributed by atoms with Crippen LogP contribution in [0.15, 0.2) is 89.5 Å². The number of nitrogens with zero attached hydrogens (tertiary/aromatic N) is 2. The van der Waals surface area contributed by atoms with Gasteiger partial charge >= 0.3 is 5.97 Å². The molecule has 0 aliphatic rings. The van der Waals surface area contributed by atoms with Gasteiger partial charge in [0.05, 0.1) is 24.0 Å². The quantitative estimate of drug-likeness (QED) is 0.194. The van der Waals surface area contributed by atoms with E-state index < -0.39 is 5.97 Å². The molecule has 5 aromatic rings. The highest BCUT2D eigenvalue weighted by Gasteiger charge is 2.18. The number of para-hydroxylation sites is 1. The number of aliphatic carboxylic acids is 1. The zero-order valence-electron chi connectivity index (χ0n) is 21.8. The van der Waals surface area contributed by atoms with Crippen LogP contribution in [0.25, 0.3) is 21.6 Å². The largest absolute Gasteiger partial charge is 0.481 e. The summed E-state index contributed by atoms with van der Waals surface area (Å²) < 4.78 is 6.07. The minimum atomic E-state index is -0.946. The summed E-state index contributed by atoms with van der Waals surface area (Å²) in [7, 11) is 0. The first-order valence-corrected chi connectivity index (χ1v) is 13.6. The molecule has 0 unspecified atom stereocenters. The van der Waals surface area contributed by atoms with E-state index in [1.165, 1.54) is 5.56 Å². The lowest BCUT2D eigenvalue weighted by Crippen LogP contribution is -2.26. The van der Waals surface area contributed by atoms with Crippen LogP contribution in [0.1, 0.15) is 47.7 Å². The minimum absolute atomic E-state index is 0.0910. The van der Waals surface area contributed by atoms with Gasteiger partial charge in [-0.1, -0.05) is 67.6 Å². The van der Waals surface area contributed by atoms with Crippen molar-refractivity contribution in [3.63, 3.8) is 0 Å². The van der Waals surface area contributed by atoms with Gasteiger partial charge in [-0.2, -0.15) is 0 Å². The minimum Gasteiger partial charge on any atom is -0.481 e. The molecule has 0 atom stereocenters. The van der Waals surface area contributed by atoms with E-state index in [0.29, 0.717) is 18.0 Å². The molecule has 39 heavy (non-hydrogen) atoms. The summed E-state index contributed by atoms with van der Waals surface area (Å²) in [6, 6.07) is 25.8. The second-order valence-electron chi connectivity index (χ2n) is 9.58. The van der Waals surface area contributed by atoms with Gasteiger partial charge in [0.25, 0.3) is 5.91 Å². The van der Waals surface area contributed by atoms with Crippen molar-refractivity contribution in [1.29, 1.82) is 0 Å². The monoisotopic (exact) mass is 539 g/mol. The smallest absolute Gasteiger partial charge is 0.305 e. The van der Waals surface area contributed by atoms with Gasteiger partial charge in [-0.15, -0.1) is 0 Å². The van der Waals surface area contributed by atoms with E-state index in [1.54, 1.807) is 23.5 Å². The number of thiazole rings is 1. The molecule has 3 aromatic carbocycles. The number of carboxylic acid groups (broad SMARTS) is 1. The highest BCUT2D eigenvalue weighted by molar-refractivity contribution is 7.18. The van der Waals surface area contributed by atoms with Crippen molar-refractivity contribution in [2.45, 2.75) is 32.7 Å². The average molecular weight is 540 g/mol. The first-order valence-electron chi connectivity index (χ1n) is 12.8. The van der Waals surface area contributed by atoms with Crippen LogP contribution in [0.4, 0.5) is 10.8 Å². The fraction of sp³-hybridized carbons (Fsp3) is 0.194. The molecule has 2 heterocycles. The normalized spacial score (nSPS) is 11.2. The molecule has 5 rings (SSSR count). The van der Waals surface area contributed by atoms with Crippen LogP contribution >= 0.6 is 11.3 Å². The van der Waals surface area contributed by atoms with Crippen LogP contribution in [0.2, 0.25) is 0 Å². The van der Waals surface area contributed by atoms with E-state index in [-0.39, 0.29) is 18.9 Å². The number of furan rings is 1. The van der Waals surface area contributed by atoms with Crippen LogP contribution in [-0.4, -0.2) is 28.5 Å². The second kappa shape index (κ2) is 11.5. The molecule has 1 amide bonds. The summed E-state index contributed by atoms with van der Waals surface area (Å²) in [6.07, 6.45) is 1.73. The molecule has 0 aliphatic carbocycles. The average Bonchev–Trinajstić information content (AvgIpc) is 3.59. The molecule has 0 spiro atoms. The maximum absolute atomic E-state index is 12.4. The molecule has 0 aliphatic heterocycles. The van der Waals surface area contributed by atoms with Crippen LogP contribution in [-0.2, 0) is 11.3 Å². The Morgan fingerprint density at radius 2 is 1.77 bits per heavy atom. The van der Waals surface area contributed by atoms with Gasteiger partial charge in [0.2, 0.25) is 0 Å². The zero-order chi connectivity index (χ0) is 27.4. The Morgan fingerprint density at radius 3 is 2.46 bits per heavy atom. The van der Waals surface area contributed by atoms with E-state index in [1.807, 2.05) is 48.7 Å². The number of hydrogen-bond acceptors (Lipinski definition) is 6. The Morgan fingerprint density at radius 1 is 1.03 bits per heavy atom. The Hall–Kier alpha value is -4.43. The first-order chi connectivity index (χ1) is 18.9. The molecule has 2 N–H and O–H groups in total. The lowest BCUT2D eigenvalue weighted by atomic mass is 10.0. The highest BCUT2D eigenvalue weighted by atomic mass is 32.1. The van der Waals surface area contributed by atoms with E-state index >= 15 is 0 Å². The Labute approximate surface area is 230 Å². The van der Waals surface area contributed by atoms with Crippen molar-refractivity contribution in [3.05, 3.63) is 102 Å². The van der Waals surface area contributed by atoms with Crippen LogP contribution < -0.4 is 10.2 Å². The molecular formula is C31H29N3O4S. The van der Waals surface area contributed by atoms with Crippen molar-refractivity contribution in [1.82, 2.24) is 10.3 Å². The Balaban J connectivity index is 1.40. The molecular weight excluding hydrogens is 510 g/mol. The molecule has 0 bridgehead atoms. The van der Waals surface area contributed by atoms with Crippen molar-refractivity contribution < 1.29 is 19.1 Å². The fourth-order valence-corrected chi connectivity index (χ4v) is 5.13. The lowest BCUT2D eigenvalue weighted by molar-refractivity contribution is -0.136. The van der Waals surface area contributed by atoms with E-state index in [0.717, 1.165) is 38.0 Å². The summed E-state index contributed by atoms with van der Waals surface area (Å²) in [4.78, 5) is 30.9. The number of fused-ring (bicyclic) bond motifs is 1. The van der Waals surface area contributed by atoms with Gasteiger partial charge < -0.3 is 19.7 Å². The maximum Gasteiger partial charge on any atom is 0.305 e. The molecule has 0 fully saturated rings.